The van der Waals surface area contributed by atoms with E-state index in [1.165, 1.54) is 36.2 Å². The lowest BCUT2D eigenvalue weighted by atomic mass is 9.91. The van der Waals surface area contributed by atoms with E-state index >= 15 is 0 Å². The number of hydrogen-bond donors (Lipinski definition) is 0. The van der Waals surface area contributed by atoms with Crippen LogP contribution >= 0.6 is 0 Å². The van der Waals surface area contributed by atoms with Crippen molar-refractivity contribution in [2.45, 2.75) is 24.8 Å². The average Bonchev–Trinajstić information content (AvgIpc) is 2.94. The van der Waals surface area contributed by atoms with Crippen molar-refractivity contribution in [2.75, 3.05) is 13.1 Å². The van der Waals surface area contributed by atoms with Crippen LogP contribution in [0.4, 0.5) is 0 Å². The summed E-state index contributed by atoms with van der Waals surface area (Å²) in [7, 11) is 0. The minimum absolute atomic E-state index is 0.675. The van der Waals surface area contributed by atoms with Gasteiger partial charge in [-0.15, -0.1) is 0 Å². The summed E-state index contributed by atoms with van der Waals surface area (Å²) < 4.78 is 0. The van der Waals surface area contributed by atoms with Crippen LogP contribution in [0.5, 0.6) is 0 Å². The van der Waals surface area contributed by atoms with Crippen LogP contribution < -0.4 is 0 Å². The quantitative estimate of drug-likeness (QED) is 0.620. The Morgan fingerprint density at radius 1 is 0.720 bits per heavy atom. The van der Waals surface area contributed by atoms with E-state index in [2.05, 4.69) is 83.8 Å². The molecule has 0 amide bonds. The number of piperidine rings is 1. The summed E-state index contributed by atoms with van der Waals surface area (Å²) in [6, 6.07) is 28.7. The fourth-order valence-corrected chi connectivity index (χ4v) is 4.86. The van der Waals surface area contributed by atoms with Crippen LogP contribution in [0, 0.1) is 0 Å². The zero-order valence-electron chi connectivity index (χ0n) is 14.4. The van der Waals surface area contributed by atoms with E-state index < -0.39 is 0 Å². The highest BCUT2D eigenvalue weighted by Crippen LogP contribution is 2.49. The highest BCUT2D eigenvalue weighted by Gasteiger charge is 2.38. The Hall–Kier alpha value is -2.38. The van der Waals surface area contributed by atoms with Gasteiger partial charge in [0, 0.05) is 19.6 Å². The van der Waals surface area contributed by atoms with Crippen molar-refractivity contribution < 1.29 is 0 Å². The minimum Gasteiger partial charge on any atom is -0.298 e. The third-order valence-corrected chi connectivity index (χ3v) is 5.85. The van der Waals surface area contributed by atoms with Gasteiger partial charge in [-0.25, -0.2) is 0 Å². The molecular weight excluding hydrogens is 302 g/mol. The standard InChI is InChI=1S/C24H23N/c1-3-8-18(9-4-1)15-25-16-20-14-21(17-25)24-22(12-7-13-23(20)24)19-10-5-2-6-11-19/h1-13,20-21H,14-17H2. The van der Waals surface area contributed by atoms with Gasteiger partial charge < -0.3 is 0 Å². The molecule has 124 valence electrons. The molecule has 1 nitrogen and oxygen atoms in total. The molecule has 0 aromatic heterocycles. The third-order valence-electron chi connectivity index (χ3n) is 5.85. The largest absolute Gasteiger partial charge is 0.298 e. The first-order valence-electron chi connectivity index (χ1n) is 9.33. The average molecular weight is 325 g/mol. The second-order valence-electron chi connectivity index (χ2n) is 7.48. The highest BCUT2D eigenvalue weighted by atomic mass is 15.1. The van der Waals surface area contributed by atoms with Gasteiger partial charge >= 0.3 is 0 Å². The van der Waals surface area contributed by atoms with Gasteiger partial charge in [0.15, 0.2) is 0 Å². The summed E-state index contributed by atoms with van der Waals surface area (Å²) in [4.78, 5) is 2.66. The number of rotatable bonds is 3. The molecule has 1 heteroatoms. The van der Waals surface area contributed by atoms with Crippen LogP contribution in [0.15, 0.2) is 78.9 Å². The van der Waals surface area contributed by atoms with E-state index in [0.29, 0.717) is 11.8 Å². The van der Waals surface area contributed by atoms with Crippen molar-refractivity contribution in [1.82, 2.24) is 4.90 Å². The number of nitrogens with zero attached hydrogens (tertiary/aromatic N) is 1. The molecule has 1 heterocycles. The molecule has 2 atom stereocenters. The molecule has 2 unspecified atom stereocenters. The molecule has 0 radical (unpaired) electrons. The van der Waals surface area contributed by atoms with Gasteiger partial charge in [-0.1, -0.05) is 78.9 Å². The zero-order valence-corrected chi connectivity index (χ0v) is 14.4. The lowest BCUT2D eigenvalue weighted by molar-refractivity contribution is 0.195. The molecule has 3 aromatic carbocycles. The molecule has 1 aliphatic carbocycles. The van der Waals surface area contributed by atoms with Crippen molar-refractivity contribution in [1.29, 1.82) is 0 Å². The van der Waals surface area contributed by atoms with E-state index in [4.69, 9.17) is 0 Å². The predicted octanol–water partition coefficient (Wildman–Crippen LogP) is 5.44. The lowest BCUT2D eigenvalue weighted by Gasteiger charge is -2.32. The minimum atomic E-state index is 0.675. The van der Waals surface area contributed by atoms with Gasteiger partial charge in [-0.05, 0) is 46.1 Å². The van der Waals surface area contributed by atoms with Crippen LogP contribution in [0.2, 0.25) is 0 Å². The normalized spacial score (nSPS) is 21.9. The summed E-state index contributed by atoms with van der Waals surface area (Å²) >= 11 is 0. The summed E-state index contributed by atoms with van der Waals surface area (Å²) in [5.41, 5.74) is 7.46. The summed E-state index contributed by atoms with van der Waals surface area (Å²) in [6.45, 7) is 3.45. The fourth-order valence-electron chi connectivity index (χ4n) is 4.86. The van der Waals surface area contributed by atoms with Crippen molar-refractivity contribution in [3.8, 4) is 11.1 Å². The fraction of sp³-hybridized carbons (Fsp3) is 0.250. The van der Waals surface area contributed by atoms with Crippen molar-refractivity contribution >= 4 is 0 Å². The SMILES string of the molecule is c1ccc(CN2CC3CC(C2)c2c(-c4ccccc4)cccc23)cc1. The first-order chi connectivity index (χ1) is 12.4. The number of hydrogen-bond acceptors (Lipinski definition) is 1. The smallest absolute Gasteiger partial charge is 0.0234 e. The third kappa shape index (κ3) is 2.69. The lowest BCUT2D eigenvalue weighted by Crippen LogP contribution is -2.34. The Labute approximate surface area is 149 Å². The van der Waals surface area contributed by atoms with Crippen LogP contribution in [0.1, 0.15) is 34.9 Å². The summed E-state index contributed by atoms with van der Waals surface area (Å²) in [6.07, 6.45) is 1.32. The number of fused-ring (bicyclic) bond motifs is 5. The Bertz CT molecular complexity index is 869. The van der Waals surface area contributed by atoms with Gasteiger partial charge in [0.05, 0.1) is 0 Å². The van der Waals surface area contributed by atoms with Crippen molar-refractivity contribution in [2.24, 2.45) is 0 Å². The Morgan fingerprint density at radius 3 is 2.24 bits per heavy atom. The van der Waals surface area contributed by atoms with Gasteiger partial charge in [0.25, 0.3) is 0 Å². The van der Waals surface area contributed by atoms with Crippen molar-refractivity contribution in [3.05, 3.63) is 95.6 Å². The molecular formula is C24H23N. The first kappa shape index (κ1) is 14.9. The van der Waals surface area contributed by atoms with E-state index in [1.807, 2.05) is 0 Å². The van der Waals surface area contributed by atoms with Crippen LogP contribution in [-0.4, -0.2) is 18.0 Å². The molecule has 3 aromatic rings. The molecule has 2 bridgehead atoms. The molecule has 0 spiro atoms. The molecule has 2 aliphatic rings. The topological polar surface area (TPSA) is 3.24 Å². The maximum absolute atomic E-state index is 2.66. The van der Waals surface area contributed by atoms with Crippen LogP contribution in [-0.2, 0) is 6.54 Å². The summed E-state index contributed by atoms with van der Waals surface area (Å²) in [5.74, 6) is 1.37. The van der Waals surface area contributed by atoms with E-state index in [9.17, 15) is 0 Å². The van der Waals surface area contributed by atoms with Gasteiger partial charge in [0.2, 0.25) is 0 Å². The maximum Gasteiger partial charge on any atom is 0.0234 e. The summed E-state index contributed by atoms with van der Waals surface area (Å²) in [5, 5.41) is 0. The molecule has 1 fully saturated rings. The molecule has 0 N–H and O–H groups in total. The van der Waals surface area contributed by atoms with E-state index in [1.54, 1.807) is 11.1 Å². The monoisotopic (exact) mass is 325 g/mol. The van der Waals surface area contributed by atoms with Gasteiger partial charge in [-0.3, -0.25) is 4.90 Å². The Morgan fingerprint density at radius 2 is 1.44 bits per heavy atom. The zero-order chi connectivity index (χ0) is 16.6. The molecule has 25 heavy (non-hydrogen) atoms. The van der Waals surface area contributed by atoms with Crippen LogP contribution in [0.3, 0.4) is 0 Å². The molecule has 1 aliphatic heterocycles. The Kier molecular flexibility index (Phi) is 3.68. The number of likely N-dealkylation sites (tertiary alicyclic amines) is 1. The second kappa shape index (κ2) is 6.16. The molecule has 1 saturated heterocycles. The van der Waals surface area contributed by atoms with Crippen molar-refractivity contribution in [3.63, 3.8) is 0 Å². The molecule has 0 saturated carbocycles. The highest BCUT2D eigenvalue weighted by molar-refractivity contribution is 5.71. The predicted molar refractivity (Wildman–Crippen MR) is 104 cm³/mol. The molecule has 5 rings (SSSR count). The van der Waals surface area contributed by atoms with E-state index in [-0.39, 0.29) is 0 Å². The Balaban J connectivity index is 1.47. The van der Waals surface area contributed by atoms with Crippen LogP contribution in [0.25, 0.3) is 11.1 Å². The first-order valence-corrected chi connectivity index (χ1v) is 9.33. The van der Waals surface area contributed by atoms with E-state index in [0.717, 1.165) is 6.54 Å². The second-order valence-corrected chi connectivity index (χ2v) is 7.48. The van der Waals surface area contributed by atoms with Gasteiger partial charge in [0.1, 0.15) is 0 Å². The van der Waals surface area contributed by atoms with Gasteiger partial charge in [-0.2, -0.15) is 0 Å². The maximum atomic E-state index is 2.66. The number of benzene rings is 3.